The average molecular weight is 214 g/mol. The lowest BCUT2D eigenvalue weighted by molar-refractivity contribution is -0.130. The minimum absolute atomic E-state index is 0.0945. The Bertz CT molecular complexity index is 228. The molecule has 0 saturated heterocycles. The van der Waals surface area contributed by atoms with E-state index in [9.17, 15) is 9.90 Å². The Labute approximate surface area is 87.7 Å². The smallest absolute Gasteiger partial charge is 0.138 e. The molecule has 0 radical (unpaired) electrons. The molecule has 0 unspecified atom stereocenters. The van der Waals surface area contributed by atoms with Gasteiger partial charge in [-0.1, -0.05) is 26.1 Å². The SMILES string of the molecule is C[C@](O)([C@@H]1CCCCC1=O)[Si](C)(C)C. The quantitative estimate of drug-likeness (QED) is 0.717. The van der Waals surface area contributed by atoms with Gasteiger partial charge in [-0.15, -0.1) is 0 Å². The first-order valence-electron chi connectivity index (χ1n) is 5.52. The number of Topliss-reactive ketones (excluding diaryl/α,β-unsaturated/α-hetero) is 1. The lowest BCUT2D eigenvalue weighted by Gasteiger charge is -2.42. The zero-order chi connectivity index (χ0) is 11.0. The number of carbonyl (C=O) groups is 1. The highest BCUT2D eigenvalue weighted by atomic mass is 28.3. The maximum atomic E-state index is 11.7. The Hall–Kier alpha value is -0.153. The van der Waals surface area contributed by atoms with Crippen molar-refractivity contribution in [1.82, 2.24) is 0 Å². The van der Waals surface area contributed by atoms with E-state index >= 15 is 0 Å². The van der Waals surface area contributed by atoms with Gasteiger partial charge in [-0.3, -0.25) is 4.79 Å². The number of hydrogen-bond acceptors (Lipinski definition) is 2. The fourth-order valence-electron chi connectivity index (χ4n) is 2.10. The van der Waals surface area contributed by atoms with Crippen LogP contribution in [-0.4, -0.2) is 24.2 Å². The molecule has 0 aromatic heterocycles. The van der Waals surface area contributed by atoms with Gasteiger partial charge >= 0.3 is 0 Å². The highest BCUT2D eigenvalue weighted by Gasteiger charge is 2.47. The fraction of sp³-hybridized carbons (Fsp3) is 0.909. The van der Waals surface area contributed by atoms with E-state index in [0.29, 0.717) is 6.42 Å². The molecule has 0 bridgehead atoms. The summed E-state index contributed by atoms with van der Waals surface area (Å²) in [6.45, 7) is 8.27. The van der Waals surface area contributed by atoms with E-state index in [4.69, 9.17) is 0 Å². The van der Waals surface area contributed by atoms with E-state index in [0.717, 1.165) is 19.3 Å². The monoisotopic (exact) mass is 214 g/mol. The Morgan fingerprint density at radius 1 is 1.36 bits per heavy atom. The Morgan fingerprint density at radius 2 is 1.93 bits per heavy atom. The maximum absolute atomic E-state index is 11.7. The van der Waals surface area contributed by atoms with E-state index in [1.54, 1.807) is 0 Å². The topological polar surface area (TPSA) is 37.3 Å². The maximum Gasteiger partial charge on any atom is 0.138 e. The van der Waals surface area contributed by atoms with Gasteiger partial charge in [0.05, 0.1) is 13.3 Å². The second-order valence-corrected chi connectivity index (χ2v) is 11.2. The molecule has 0 aromatic carbocycles. The van der Waals surface area contributed by atoms with Crippen LogP contribution in [0.4, 0.5) is 0 Å². The van der Waals surface area contributed by atoms with Gasteiger partial charge in [0, 0.05) is 12.3 Å². The van der Waals surface area contributed by atoms with Crippen LogP contribution < -0.4 is 0 Å². The first kappa shape index (κ1) is 11.9. The summed E-state index contributed by atoms with van der Waals surface area (Å²) in [5, 5.41) is 9.76. The van der Waals surface area contributed by atoms with Crippen molar-refractivity contribution in [1.29, 1.82) is 0 Å². The van der Waals surface area contributed by atoms with Gasteiger partial charge in [0.25, 0.3) is 0 Å². The van der Waals surface area contributed by atoms with Crippen LogP contribution in [0.1, 0.15) is 32.6 Å². The van der Waals surface area contributed by atoms with Crippen LogP contribution in [0.2, 0.25) is 19.6 Å². The molecule has 1 fully saturated rings. The second-order valence-electron chi connectivity index (χ2n) is 5.66. The summed E-state index contributed by atoms with van der Waals surface area (Å²) in [6.07, 6.45) is 3.66. The Balaban J connectivity index is 2.85. The number of aliphatic hydroxyl groups is 1. The Morgan fingerprint density at radius 3 is 2.36 bits per heavy atom. The minimum atomic E-state index is -1.68. The summed E-state index contributed by atoms with van der Waals surface area (Å²) < 4.78 is 0. The van der Waals surface area contributed by atoms with Crippen LogP contribution in [0, 0.1) is 5.92 Å². The van der Waals surface area contributed by atoms with Crippen LogP contribution in [-0.2, 0) is 4.79 Å². The molecule has 0 heterocycles. The summed E-state index contributed by atoms with van der Waals surface area (Å²) in [7, 11) is -1.68. The average Bonchev–Trinajstić information content (AvgIpc) is 2.02. The fourth-order valence-corrected chi connectivity index (χ4v) is 3.45. The van der Waals surface area contributed by atoms with Gasteiger partial charge < -0.3 is 5.11 Å². The first-order valence-corrected chi connectivity index (χ1v) is 9.02. The molecule has 1 aliphatic rings. The standard InChI is InChI=1S/C11H22O2Si/c1-11(13,14(2,3)4)9-7-5-6-8-10(9)12/h9,13H,5-8H2,1-4H3/t9-,11-/m1/s1. The summed E-state index contributed by atoms with van der Waals surface area (Å²) in [5.74, 6) is 0.187. The third-order valence-corrected chi connectivity index (χ3v) is 7.14. The highest BCUT2D eigenvalue weighted by molar-refractivity contribution is 6.79. The van der Waals surface area contributed by atoms with Crippen molar-refractivity contribution in [3.8, 4) is 0 Å². The van der Waals surface area contributed by atoms with Gasteiger partial charge in [-0.25, -0.2) is 0 Å². The largest absolute Gasteiger partial charge is 0.393 e. The van der Waals surface area contributed by atoms with E-state index in [1.165, 1.54) is 0 Å². The van der Waals surface area contributed by atoms with Crippen molar-refractivity contribution < 1.29 is 9.90 Å². The van der Waals surface area contributed by atoms with E-state index in [2.05, 4.69) is 19.6 Å². The molecule has 1 rings (SSSR count). The van der Waals surface area contributed by atoms with Crippen LogP contribution in [0.25, 0.3) is 0 Å². The summed E-state index contributed by atoms with van der Waals surface area (Å²) in [5.41, 5.74) is 0. The molecule has 2 nitrogen and oxygen atoms in total. The van der Waals surface area contributed by atoms with Crippen molar-refractivity contribution in [3.63, 3.8) is 0 Å². The van der Waals surface area contributed by atoms with Crippen LogP contribution in [0.15, 0.2) is 0 Å². The third kappa shape index (κ3) is 2.09. The van der Waals surface area contributed by atoms with Gasteiger partial charge in [-0.2, -0.15) is 0 Å². The van der Waals surface area contributed by atoms with Crippen molar-refractivity contribution in [3.05, 3.63) is 0 Å². The predicted molar refractivity (Wildman–Crippen MR) is 60.9 cm³/mol. The number of hydrogen-bond donors (Lipinski definition) is 1. The molecule has 3 heteroatoms. The zero-order valence-corrected chi connectivity index (χ0v) is 10.8. The van der Waals surface area contributed by atoms with Crippen molar-refractivity contribution in [2.24, 2.45) is 5.92 Å². The van der Waals surface area contributed by atoms with Crippen molar-refractivity contribution in [2.45, 2.75) is 57.5 Å². The molecule has 14 heavy (non-hydrogen) atoms. The number of rotatable bonds is 2. The molecule has 1 saturated carbocycles. The van der Waals surface area contributed by atoms with Gasteiger partial charge in [0.15, 0.2) is 0 Å². The van der Waals surface area contributed by atoms with Gasteiger partial charge in [0.2, 0.25) is 0 Å². The van der Waals surface area contributed by atoms with Crippen molar-refractivity contribution in [2.75, 3.05) is 0 Å². The minimum Gasteiger partial charge on any atom is -0.393 e. The molecular weight excluding hydrogens is 192 g/mol. The van der Waals surface area contributed by atoms with Crippen LogP contribution >= 0.6 is 0 Å². The van der Waals surface area contributed by atoms with Gasteiger partial charge in [0.1, 0.15) is 5.78 Å². The molecule has 82 valence electrons. The first-order chi connectivity index (χ1) is 6.27. The molecule has 0 amide bonds. The lowest BCUT2D eigenvalue weighted by atomic mass is 9.84. The van der Waals surface area contributed by atoms with E-state index < -0.39 is 13.3 Å². The highest BCUT2D eigenvalue weighted by Crippen LogP contribution is 2.35. The Kier molecular flexibility index (Phi) is 3.22. The molecule has 1 aliphatic carbocycles. The number of carbonyl (C=O) groups excluding carboxylic acids is 1. The molecular formula is C11H22O2Si. The van der Waals surface area contributed by atoms with Crippen LogP contribution in [0.3, 0.4) is 0 Å². The molecule has 1 N–H and O–H groups in total. The zero-order valence-electron chi connectivity index (χ0n) is 9.76. The van der Waals surface area contributed by atoms with E-state index in [-0.39, 0.29) is 11.7 Å². The molecule has 2 atom stereocenters. The molecule has 0 aliphatic heterocycles. The lowest BCUT2D eigenvalue weighted by Crippen LogP contribution is -2.57. The van der Waals surface area contributed by atoms with Crippen LogP contribution in [0.5, 0.6) is 0 Å². The number of ketones is 1. The summed E-state index contributed by atoms with van der Waals surface area (Å²) >= 11 is 0. The summed E-state index contributed by atoms with van der Waals surface area (Å²) in [4.78, 5) is 11.7. The second kappa shape index (κ2) is 3.78. The predicted octanol–water partition coefficient (Wildman–Crippen LogP) is 2.37. The molecule has 0 spiro atoms. The van der Waals surface area contributed by atoms with Gasteiger partial charge in [-0.05, 0) is 19.8 Å². The molecule has 0 aromatic rings. The summed E-state index contributed by atoms with van der Waals surface area (Å²) in [6, 6.07) is 0. The normalized spacial score (nSPS) is 28.6. The third-order valence-electron chi connectivity index (χ3n) is 3.75. The van der Waals surface area contributed by atoms with Crippen molar-refractivity contribution >= 4 is 13.9 Å². The van der Waals surface area contributed by atoms with E-state index in [1.807, 2.05) is 6.92 Å².